The van der Waals surface area contributed by atoms with Crippen LogP contribution in [0.25, 0.3) is 0 Å². The van der Waals surface area contributed by atoms with Crippen LogP contribution >= 0.6 is 0 Å². The lowest BCUT2D eigenvalue weighted by Gasteiger charge is -2.23. The van der Waals surface area contributed by atoms with Crippen molar-refractivity contribution < 1.29 is 28.0 Å². The van der Waals surface area contributed by atoms with Gasteiger partial charge in [0.05, 0.1) is 4.92 Å². The molecule has 3 rings (SSSR count). The minimum absolute atomic E-state index is 0.0310. The van der Waals surface area contributed by atoms with Gasteiger partial charge in [0.1, 0.15) is 34.7 Å². The average molecular weight is 441 g/mol. The van der Waals surface area contributed by atoms with E-state index < -0.39 is 34.2 Å². The minimum atomic E-state index is -0.848. The quantitative estimate of drug-likeness (QED) is 0.266. The zero-order valence-corrected chi connectivity index (χ0v) is 17.7. The van der Waals surface area contributed by atoms with E-state index in [-0.39, 0.29) is 17.0 Å². The van der Waals surface area contributed by atoms with Crippen molar-refractivity contribution >= 4 is 11.7 Å². The fraction of sp³-hybridized carbons (Fsp3) is 0.208. The topological polar surface area (TPSA) is 78.7 Å². The van der Waals surface area contributed by atoms with Gasteiger partial charge < -0.3 is 9.47 Å². The third-order valence-electron chi connectivity index (χ3n) is 4.38. The summed E-state index contributed by atoms with van der Waals surface area (Å²) >= 11 is 0. The second-order valence-corrected chi connectivity index (χ2v) is 8.04. The largest absolute Gasteiger partial charge is 0.480 e. The monoisotopic (exact) mass is 441 g/mol. The summed E-state index contributed by atoms with van der Waals surface area (Å²) in [5.41, 5.74) is -0.216. The Morgan fingerprint density at radius 1 is 0.906 bits per heavy atom. The molecule has 32 heavy (non-hydrogen) atoms. The number of non-ortho nitro benzene ring substituents is 1. The summed E-state index contributed by atoms with van der Waals surface area (Å²) in [5, 5.41) is 11.2. The van der Waals surface area contributed by atoms with Gasteiger partial charge in [0.25, 0.3) is 5.69 Å². The van der Waals surface area contributed by atoms with E-state index in [4.69, 9.17) is 9.47 Å². The predicted octanol–water partition coefficient (Wildman–Crippen LogP) is 6.00. The van der Waals surface area contributed by atoms with Crippen molar-refractivity contribution in [1.82, 2.24) is 0 Å². The molecule has 0 aliphatic heterocycles. The number of rotatable bonds is 6. The van der Waals surface area contributed by atoms with Gasteiger partial charge in [-0.05, 0) is 62.2 Å². The first-order valence-electron chi connectivity index (χ1n) is 9.73. The molecule has 0 aromatic heterocycles. The second-order valence-electron chi connectivity index (χ2n) is 8.04. The van der Waals surface area contributed by atoms with E-state index in [1.807, 2.05) is 0 Å². The van der Waals surface area contributed by atoms with Crippen molar-refractivity contribution in [1.29, 1.82) is 0 Å². The lowest BCUT2D eigenvalue weighted by Crippen LogP contribution is -2.24. The number of carbonyl (C=O) groups excluding carboxylic acids is 1. The molecule has 0 aliphatic rings. The maximum Gasteiger partial charge on any atom is 0.342 e. The highest BCUT2D eigenvalue weighted by atomic mass is 19.1. The smallest absolute Gasteiger partial charge is 0.342 e. The highest BCUT2D eigenvalue weighted by Crippen LogP contribution is 2.33. The van der Waals surface area contributed by atoms with Crippen LogP contribution in [0.3, 0.4) is 0 Å². The predicted molar refractivity (Wildman–Crippen MR) is 114 cm³/mol. The number of hydrogen-bond donors (Lipinski definition) is 0. The number of hydrogen-bond acceptors (Lipinski definition) is 5. The van der Waals surface area contributed by atoms with Crippen molar-refractivity contribution in [3.63, 3.8) is 0 Å². The van der Waals surface area contributed by atoms with Gasteiger partial charge in [0.2, 0.25) is 0 Å². The van der Waals surface area contributed by atoms with Gasteiger partial charge in [-0.15, -0.1) is 0 Å². The second kappa shape index (κ2) is 9.13. The Morgan fingerprint density at radius 3 is 1.84 bits per heavy atom. The van der Waals surface area contributed by atoms with E-state index in [1.54, 1.807) is 20.8 Å². The Labute approximate surface area is 183 Å². The number of benzene rings is 3. The molecular weight excluding hydrogens is 420 g/mol. The molecule has 0 saturated heterocycles. The SMILES string of the molecule is CC(C)(C)OC(=O)c1cc([N+](=O)[O-])ccc1OC(c1ccc(F)cc1)c1ccc(F)cc1. The van der Waals surface area contributed by atoms with E-state index in [2.05, 4.69) is 0 Å². The Balaban J connectivity index is 2.08. The third kappa shape index (κ3) is 5.66. The molecule has 0 amide bonds. The van der Waals surface area contributed by atoms with Crippen molar-refractivity contribution in [2.24, 2.45) is 0 Å². The van der Waals surface area contributed by atoms with Gasteiger partial charge in [0.15, 0.2) is 0 Å². The van der Waals surface area contributed by atoms with E-state index >= 15 is 0 Å². The fourth-order valence-electron chi connectivity index (χ4n) is 2.96. The summed E-state index contributed by atoms with van der Waals surface area (Å²) in [6, 6.07) is 14.6. The van der Waals surface area contributed by atoms with E-state index in [9.17, 15) is 23.7 Å². The van der Waals surface area contributed by atoms with Crippen LogP contribution in [0.1, 0.15) is 48.4 Å². The van der Waals surface area contributed by atoms with Crippen molar-refractivity contribution in [2.45, 2.75) is 32.5 Å². The number of esters is 1. The van der Waals surface area contributed by atoms with Crippen molar-refractivity contribution in [3.8, 4) is 5.75 Å². The Bertz CT molecular complexity index is 1080. The molecule has 166 valence electrons. The van der Waals surface area contributed by atoms with E-state index in [0.29, 0.717) is 11.1 Å². The van der Waals surface area contributed by atoms with Crippen LogP contribution in [-0.2, 0) is 4.74 Å². The number of halogens is 2. The summed E-state index contributed by atoms with van der Waals surface area (Å²) in [7, 11) is 0. The molecule has 0 radical (unpaired) electrons. The van der Waals surface area contributed by atoms with E-state index in [1.165, 1.54) is 60.7 Å². The van der Waals surface area contributed by atoms with Gasteiger partial charge in [-0.25, -0.2) is 13.6 Å². The number of nitro groups is 1. The van der Waals surface area contributed by atoms with Crippen molar-refractivity contribution in [3.05, 3.63) is 105 Å². The molecule has 0 saturated carbocycles. The molecule has 0 aliphatic carbocycles. The molecule has 0 N–H and O–H groups in total. The first-order valence-corrected chi connectivity index (χ1v) is 9.73. The maximum absolute atomic E-state index is 13.5. The van der Waals surface area contributed by atoms with Gasteiger partial charge in [0, 0.05) is 12.1 Å². The number of carbonyl (C=O) groups is 1. The summed E-state index contributed by atoms with van der Waals surface area (Å²) in [6.45, 7) is 5.01. The zero-order valence-electron chi connectivity index (χ0n) is 17.7. The summed E-state index contributed by atoms with van der Waals surface area (Å²) in [6.07, 6.45) is -0.848. The lowest BCUT2D eigenvalue weighted by molar-refractivity contribution is -0.384. The van der Waals surface area contributed by atoms with E-state index in [0.717, 1.165) is 6.07 Å². The molecule has 3 aromatic rings. The molecule has 0 bridgehead atoms. The summed E-state index contributed by atoms with van der Waals surface area (Å²) in [5.74, 6) is -1.66. The molecule has 0 fully saturated rings. The Morgan fingerprint density at radius 2 is 1.41 bits per heavy atom. The summed E-state index contributed by atoms with van der Waals surface area (Å²) < 4.78 is 38.4. The lowest BCUT2D eigenvalue weighted by atomic mass is 10.0. The number of ether oxygens (including phenoxy) is 2. The molecule has 0 heterocycles. The molecule has 3 aromatic carbocycles. The Kier molecular flexibility index (Phi) is 6.53. The van der Waals surface area contributed by atoms with Crippen LogP contribution in [0.2, 0.25) is 0 Å². The van der Waals surface area contributed by atoms with Crippen LogP contribution in [0.5, 0.6) is 5.75 Å². The zero-order chi connectivity index (χ0) is 23.5. The molecule has 6 nitrogen and oxygen atoms in total. The number of nitro benzene ring substituents is 1. The first kappa shape index (κ1) is 22.9. The Hall–Kier alpha value is -3.81. The van der Waals surface area contributed by atoms with Crippen LogP contribution in [0.15, 0.2) is 66.7 Å². The van der Waals surface area contributed by atoms with Gasteiger partial charge in [-0.1, -0.05) is 24.3 Å². The highest BCUT2D eigenvalue weighted by Gasteiger charge is 2.26. The average Bonchev–Trinajstić information content (AvgIpc) is 2.72. The number of nitrogens with zero attached hydrogens (tertiary/aromatic N) is 1. The molecule has 0 atom stereocenters. The van der Waals surface area contributed by atoms with Gasteiger partial charge in [-0.3, -0.25) is 10.1 Å². The fourth-order valence-corrected chi connectivity index (χ4v) is 2.96. The van der Waals surface area contributed by atoms with Crippen LogP contribution < -0.4 is 4.74 Å². The molecule has 8 heteroatoms. The van der Waals surface area contributed by atoms with Crippen molar-refractivity contribution in [2.75, 3.05) is 0 Å². The van der Waals surface area contributed by atoms with Gasteiger partial charge in [-0.2, -0.15) is 0 Å². The standard InChI is InChI=1S/C24H21F2NO5/c1-24(2,3)32-23(28)20-14-19(27(29)30)12-13-21(20)31-22(15-4-8-17(25)9-5-15)16-6-10-18(26)11-7-16/h4-14,22H,1-3H3. The van der Waals surface area contributed by atoms with Crippen LogP contribution in [-0.4, -0.2) is 16.5 Å². The normalized spacial score (nSPS) is 11.3. The minimum Gasteiger partial charge on any atom is -0.480 e. The molecular formula is C24H21F2NO5. The molecule has 0 spiro atoms. The highest BCUT2D eigenvalue weighted by molar-refractivity contribution is 5.93. The molecule has 0 unspecified atom stereocenters. The maximum atomic E-state index is 13.5. The van der Waals surface area contributed by atoms with Crippen LogP contribution in [0.4, 0.5) is 14.5 Å². The first-order chi connectivity index (χ1) is 15.0. The summed E-state index contributed by atoms with van der Waals surface area (Å²) in [4.78, 5) is 23.4. The van der Waals surface area contributed by atoms with Gasteiger partial charge >= 0.3 is 5.97 Å². The third-order valence-corrected chi connectivity index (χ3v) is 4.38. The van der Waals surface area contributed by atoms with Crippen LogP contribution in [0, 0.1) is 21.7 Å².